The summed E-state index contributed by atoms with van der Waals surface area (Å²) in [4.78, 5) is 11.6. The van der Waals surface area contributed by atoms with E-state index in [0.29, 0.717) is 5.92 Å². The zero-order valence-corrected chi connectivity index (χ0v) is 11.1. The molecule has 1 aromatic carbocycles. The van der Waals surface area contributed by atoms with Gasteiger partial charge in [0.2, 0.25) is 5.91 Å². The summed E-state index contributed by atoms with van der Waals surface area (Å²) in [5.74, 6) is 0.519. The van der Waals surface area contributed by atoms with E-state index in [9.17, 15) is 4.79 Å². The van der Waals surface area contributed by atoms with Crippen LogP contribution in [-0.2, 0) is 11.2 Å². The molecule has 0 heterocycles. The molecule has 2 N–H and O–H groups in total. The highest BCUT2D eigenvalue weighted by Gasteiger charge is 2.14. The lowest BCUT2D eigenvalue weighted by molar-refractivity contribution is -0.123. The third-order valence-corrected chi connectivity index (χ3v) is 2.77. The molecule has 3 heteroatoms. The van der Waals surface area contributed by atoms with Crippen molar-refractivity contribution in [3.05, 3.63) is 35.4 Å². The van der Waals surface area contributed by atoms with E-state index in [0.717, 1.165) is 12.0 Å². The molecule has 3 nitrogen and oxygen atoms in total. The minimum atomic E-state index is -0.129. The van der Waals surface area contributed by atoms with Gasteiger partial charge in [0.1, 0.15) is 0 Å². The van der Waals surface area contributed by atoms with Crippen molar-refractivity contribution >= 4 is 5.91 Å². The van der Waals surface area contributed by atoms with Crippen molar-refractivity contribution in [3.63, 3.8) is 0 Å². The molecule has 0 aromatic heterocycles. The molecule has 94 valence electrons. The molecule has 1 aromatic rings. The lowest BCUT2D eigenvalue weighted by atomic mass is 9.96. The second-order valence-corrected chi connectivity index (χ2v) is 4.80. The summed E-state index contributed by atoms with van der Waals surface area (Å²) in [5.41, 5.74) is 7.63. The van der Waals surface area contributed by atoms with Gasteiger partial charge in [0.25, 0.3) is 0 Å². The molecular weight excluding hydrogens is 212 g/mol. The Labute approximate surface area is 104 Å². The monoisotopic (exact) mass is 234 g/mol. The molecule has 0 saturated heterocycles. The largest absolute Gasteiger partial charge is 0.291 e. The van der Waals surface area contributed by atoms with E-state index in [1.165, 1.54) is 5.56 Å². The zero-order chi connectivity index (χ0) is 12.8. The Balaban J connectivity index is 2.70. The lowest BCUT2D eigenvalue weighted by Gasteiger charge is -2.12. The van der Waals surface area contributed by atoms with Crippen molar-refractivity contribution in [2.75, 3.05) is 7.05 Å². The summed E-state index contributed by atoms with van der Waals surface area (Å²) in [6, 6.07) is 8.30. The highest BCUT2D eigenvalue weighted by molar-refractivity contribution is 5.82. The van der Waals surface area contributed by atoms with Crippen LogP contribution in [0.3, 0.4) is 0 Å². The number of benzene rings is 1. The molecule has 17 heavy (non-hydrogen) atoms. The van der Waals surface area contributed by atoms with Gasteiger partial charge in [0.15, 0.2) is 0 Å². The molecule has 1 rings (SSSR count). The van der Waals surface area contributed by atoms with Crippen LogP contribution in [0.4, 0.5) is 0 Å². The van der Waals surface area contributed by atoms with Crippen LogP contribution in [0, 0.1) is 5.92 Å². The molecule has 0 aliphatic carbocycles. The highest BCUT2D eigenvalue weighted by Crippen LogP contribution is 2.17. The lowest BCUT2D eigenvalue weighted by Crippen LogP contribution is -2.37. The summed E-state index contributed by atoms with van der Waals surface area (Å²) in [6.07, 6.45) is 1.08. The van der Waals surface area contributed by atoms with Crippen molar-refractivity contribution in [1.82, 2.24) is 10.9 Å². The SMILES string of the molecule is CNNC(=O)C(C)c1ccc(CC(C)C)cc1. The van der Waals surface area contributed by atoms with Crippen LogP contribution < -0.4 is 10.9 Å². The van der Waals surface area contributed by atoms with Gasteiger partial charge < -0.3 is 0 Å². The van der Waals surface area contributed by atoms with Gasteiger partial charge in [-0.3, -0.25) is 10.2 Å². The standard InChI is InChI=1S/C14H22N2O/c1-10(2)9-12-5-7-13(8-6-12)11(3)14(17)16-15-4/h5-8,10-11,15H,9H2,1-4H3,(H,16,17). The number of amides is 1. The van der Waals surface area contributed by atoms with E-state index in [4.69, 9.17) is 0 Å². The van der Waals surface area contributed by atoms with Gasteiger partial charge in [-0.05, 0) is 30.4 Å². The molecule has 0 fully saturated rings. The fourth-order valence-corrected chi connectivity index (χ4v) is 1.80. The maximum atomic E-state index is 11.6. The van der Waals surface area contributed by atoms with Crippen molar-refractivity contribution in [2.45, 2.75) is 33.1 Å². The number of rotatable bonds is 5. The predicted molar refractivity (Wildman–Crippen MR) is 70.6 cm³/mol. The van der Waals surface area contributed by atoms with Crippen LogP contribution in [0.15, 0.2) is 24.3 Å². The highest BCUT2D eigenvalue weighted by atomic mass is 16.2. The van der Waals surface area contributed by atoms with E-state index in [-0.39, 0.29) is 11.8 Å². The summed E-state index contributed by atoms with van der Waals surface area (Å²) in [5, 5.41) is 0. The first-order valence-electron chi connectivity index (χ1n) is 6.10. The molecule has 1 amide bonds. The molecular formula is C14H22N2O. The average Bonchev–Trinajstić information content (AvgIpc) is 2.28. The topological polar surface area (TPSA) is 41.1 Å². The Hall–Kier alpha value is -1.35. The van der Waals surface area contributed by atoms with E-state index in [1.54, 1.807) is 7.05 Å². The van der Waals surface area contributed by atoms with Gasteiger partial charge in [-0.25, -0.2) is 5.43 Å². The molecule has 0 saturated carbocycles. The third-order valence-electron chi connectivity index (χ3n) is 2.77. The zero-order valence-electron chi connectivity index (χ0n) is 11.1. The predicted octanol–water partition coefficient (Wildman–Crippen LogP) is 2.24. The summed E-state index contributed by atoms with van der Waals surface area (Å²) < 4.78 is 0. The Morgan fingerprint density at radius 3 is 2.24 bits per heavy atom. The normalized spacial score (nSPS) is 12.5. The maximum absolute atomic E-state index is 11.6. The van der Waals surface area contributed by atoms with E-state index in [1.807, 2.05) is 19.1 Å². The van der Waals surface area contributed by atoms with Gasteiger partial charge in [0, 0.05) is 7.05 Å². The number of hydrazine groups is 1. The third kappa shape index (κ3) is 4.19. The number of hydrogen-bond donors (Lipinski definition) is 2. The van der Waals surface area contributed by atoms with Crippen molar-refractivity contribution in [2.24, 2.45) is 5.92 Å². The van der Waals surface area contributed by atoms with Crippen LogP contribution in [0.5, 0.6) is 0 Å². The Bertz CT molecular complexity index is 357. The summed E-state index contributed by atoms with van der Waals surface area (Å²) in [6.45, 7) is 6.32. The fourth-order valence-electron chi connectivity index (χ4n) is 1.80. The number of hydrogen-bond acceptors (Lipinski definition) is 2. The first kappa shape index (κ1) is 13.7. The average molecular weight is 234 g/mol. The fraction of sp³-hybridized carbons (Fsp3) is 0.500. The van der Waals surface area contributed by atoms with Crippen LogP contribution in [-0.4, -0.2) is 13.0 Å². The summed E-state index contributed by atoms with van der Waals surface area (Å²) in [7, 11) is 1.69. The van der Waals surface area contributed by atoms with Gasteiger partial charge >= 0.3 is 0 Å². The Morgan fingerprint density at radius 2 is 1.76 bits per heavy atom. The van der Waals surface area contributed by atoms with Gasteiger partial charge in [0.05, 0.1) is 5.92 Å². The Morgan fingerprint density at radius 1 is 1.18 bits per heavy atom. The van der Waals surface area contributed by atoms with Crippen LogP contribution in [0.1, 0.15) is 37.8 Å². The quantitative estimate of drug-likeness (QED) is 0.767. The summed E-state index contributed by atoms with van der Waals surface area (Å²) >= 11 is 0. The van der Waals surface area contributed by atoms with Crippen molar-refractivity contribution in [1.29, 1.82) is 0 Å². The van der Waals surface area contributed by atoms with Crippen LogP contribution >= 0.6 is 0 Å². The minimum absolute atomic E-state index is 0.0101. The molecule has 1 atom stereocenters. The Kier molecular flexibility index (Phi) is 5.16. The second-order valence-electron chi connectivity index (χ2n) is 4.80. The smallest absolute Gasteiger partial charge is 0.241 e. The van der Waals surface area contributed by atoms with E-state index < -0.39 is 0 Å². The van der Waals surface area contributed by atoms with E-state index >= 15 is 0 Å². The number of carbonyl (C=O) groups is 1. The molecule has 0 spiro atoms. The number of carbonyl (C=O) groups excluding carboxylic acids is 1. The molecule has 0 radical (unpaired) electrons. The van der Waals surface area contributed by atoms with Crippen molar-refractivity contribution < 1.29 is 4.79 Å². The molecule has 0 bridgehead atoms. The molecule has 0 aliphatic heterocycles. The van der Waals surface area contributed by atoms with Gasteiger partial charge in [-0.15, -0.1) is 0 Å². The van der Waals surface area contributed by atoms with Crippen molar-refractivity contribution in [3.8, 4) is 0 Å². The molecule has 0 aliphatic rings. The van der Waals surface area contributed by atoms with Crippen LogP contribution in [0.25, 0.3) is 0 Å². The van der Waals surface area contributed by atoms with E-state index in [2.05, 4.69) is 36.8 Å². The first-order valence-corrected chi connectivity index (χ1v) is 6.10. The van der Waals surface area contributed by atoms with Gasteiger partial charge in [-0.1, -0.05) is 38.1 Å². The second kappa shape index (κ2) is 6.40. The van der Waals surface area contributed by atoms with Gasteiger partial charge in [-0.2, -0.15) is 0 Å². The minimum Gasteiger partial charge on any atom is -0.291 e. The number of nitrogens with one attached hydrogen (secondary N) is 2. The first-order chi connectivity index (χ1) is 8.04. The molecule has 1 unspecified atom stereocenters. The van der Waals surface area contributed by atoms with Crippen LogP contribution in [0.2, 0.25) is 0 Å². The maximum Gasteiger partial charge on any atom is 0.241 e.